The van der Waals surface area contributed by atoms with E-state index in [0.29, 0.717) is 6.54 Å². The summed E-state index contributed by atoms with van der Waals surface area (Å²) in [5, 5.41) is 9.77. The van der Waals surface area contributed by atoms with Crippen LogP contribution in [0.4, 0.5) is 0 Å². The molecule has 2 amide bonds. The first-order chi connectivity index (χ1) is 12.0. The van der Waals surface area contributed by atoms with Crippen molar-refractivity contribution in [3.05, 3.63) is 44.3 Å². The van der Waals surface area contributed by atoms with E-state index >= 15 is 0 Å². The Balaban J connectivity index is 1.65. The van der Waals surface area contributed by atoms with Gasteiger partial charge in [-0.1, -0.05) is 6.07 Å². The van der Waals surface area contributed by atoms with E-state index in [9.17, 15) is 9.59 Å². The fraction of sp³-hybridized carbons (Fsp3) is 0.444. The quantitative estimate of drug-likeness (QED) is 0.702. The van der Waals surface area contributed by atoms with Crippen LogP contribution in [0.25, 0.3) is 0 Å². The minimum Gasteiger partial charge on any atom is -0.352 e. The van der Waals surface area contributed by atoms with Crippen LogP contribution >= 0.6 is 22.7 Å². The van der Waals surface area contributed by atoms with Crippen molar-refractivity contribution in [3.8, 4) is 0 Å². The lowest BCUT2D eigenvalue weighted by Crippen LogP contribution is -3.14. The fourth-order valence-corrected chi connectivity index (χ4v) is 5.09. The number of nitrogens with one attached hydrogen (secondary N) is 3. The standard InChI is InChI=1S/C18H23N3O2S2/c1-12(2)20-16(22)10-19-17(23)11-21-7-5-14-13(6-9-25-14)18(21)15-4-3-8-24-15/h3-4,6,8-9,12,18H,5,7,10-11H2,1-2H3,(H,19,23)(H,20,22)/p+1/t18-/m1/s1. The van der Waals surface area contributed by atoms with Crippen LogP contribution in [0.5, 0.6) is 0 Å². The lowest BCUT2D eigenvalue weighted by Gasteiger charge is -2.31. The highest BCUT2D eigenvalue weighted by Crippen LogP contribution is 2.31. The SMILES string of the molecule is CC(C)NC(=O)CNC(=O)C[NH+]1CCc2sccc2[C@@H]1c1cccs1. The molecule has 1 aliphatic heterocycles. The summed E-state index contributed by atoms with van der Waals surface area (Å²) in [6.07, 6.45) is 1.01. The van der Waals surface area contributed by atoms with Gasteiger partial charge in [-0.3, -0.25) is 9.59 Å². The summed E-state index contributed by atoms with van der Waals surface area (Å²) in [5.74, 6) is -0.221. The molecule has 2 aromatic rings. The van der Waals surface area contributed by atoms with Crippen molar-refractivity contribution < 1.29 is 14.5 Å². The van der Waals surface area contributed by atoms with Gasteiger partial charge in [-0.15, -0.1) is 22.7 Å². The lowest BCUT2D eigenvalue weighted by molar-refractivity contribution is -0.919. The number of amides is 2. The molecule has 0 fully saturated rings. The highest BCUT2D eigenvalue weighted by molar-refractivity contribution is 7.10. The Labute approximate surface area is 156 Å². The van der Waals surface area contributed by atoms with Gasteiger partial charge in [0, 0.05) is 22.9 Å². The van der Waals surface area contributed by atoms with E-state index in [2.05, 4.69) is 39.6 Å². The Morgan fingerprint density at radius 1 is 1.24 bits per heavy atom. The maximum Gasteiger partial charge on any atom is 0.275 e. The molecule has 1 unspecified atom stereocenters. The van der Waals surface area contributed by atoms with Crippen LogP contribution in [0.3, 0.4) is 0 Å². The first-order valence-corrected chi connectivity index (χ1v) is 10.3. The molecule has 25 heavy (non-hydrogen) atoms. The molecule has 2 aromatic heterocycles. The molecule has 7 heteroatoms. The van der Waals surface area contributed by atoms with Gasteiger partial charge in [0.1, 0.15) is 6.04 Å². The zero-order chi connectivity index (χ0) is 17.8. The van der Waals surface area contributed by atoms with Crippen molar-refractivity contribution >= 4 is 34.5 Å². The van der Waals surface area contributed by atoms with E-state index in [1.807, 2.05) is 13.8 Å². The molecule has 0 aliphatic carbocycles. The molecular weight excluding hydrogens is 354 g/mol. The van der Waals surface area contributed by atoms with Crippen molar-refractivity contribution in [1.82, 2.24) is 10.6 Å². The second-order valence-electron chi connectivity index (χ2n) is 6.58. The molecule has 2 atom stereocenters. The van der Waals surface area contributed by atoms with E-state index in [0.717, 1.165) is 13.0 Å². The number of carbonyl (C=O) groups is 2. The van der Waals surface area contributed by atoms with Gasteiger partial charge in [-0.05, 0) is 36.7 Å². The number of quaternary nitrogens is 1. The van der Waals surface area contributed by atoms with Crippen molar-refractivity contribution in [2.45, 2.75) is 32.4 Å². The van der Waals surface area contributed by atoms with Crippen LogP contribution in [-0.2, 0) is 16.0 Å². The average molecular weight is 379 g/mol. The van der Waals surface area contributed by atoms with Crippen molar-refractivity contribution in [2.24, 2.45) is 0 Å². The van der Waals surface area contributed by atoms with Crippen LogP contribution in [0, 0.1) is 0 Å². The van der Waals surface area contributed by atoms with Crippen molar-refractivity contribution in [1.29, 1.82) is 0 Å². The van der Waals surface area contributed by atoms with Crippen LogP contribution < -0.4 is 15.5 Å². The Kier molecular flexibility index (Phi) is 5.88. The number of fused-ring (bicyclic) bond motifs is 1. The molecule has 0 bridgehead atoms. The molecule has 3 heterocycles. The third-order valence-electron chi connectivity index (χ3n) is 4.28. The van der Waals surface area contributed by atoms with Crippen LogP contribution in [0.15, 0.2) is 29.0 Å². The summed E-state index contributed by atoms with van der Waals surface area (Å²) in [4.78, 5) is 28.0. The molecule has 1 aliphatic rings. The smallest absolute Gasteiger partial charge is 0.275 e. The number of hydrogen-bond donors (Lipinski definition) is 3. The molecule has 3 N–H and O–H groups in total. The lowest BCUT2D eigenvalue weighted by atomic mass is 9.98. The topological polar surface area (TPSA) is 62.6 Å². The summed E-state index contributed by atoms with van der Waals surface area (Å²) >= 11 is 3.55. The normalized spacial score (nSPS) is 19.5. The Hall–Kier alpha value is -1.70. The first kappa shape index (κ1) is 18.1. The van der Waals surface area contributed by atoms with E-state index in [-0.39, 0.29) is 30.4 Å². The maximum atomic E-state index is 12.4. The zero-order valence-electron chi connectivity index (χ0n) is 14.5. The van der Waals surface area contributed by atoms with Crippen molar-refractivity contribution in [3.63, 3.8) is 0 Å². The van der Waals surface area contributed by atoms with Gasteiger partial charge in [0.15, 0.2) is 6.54 Å². The van der Waals surface area contributed by atoms with Crippen LogP contribution in [-0.4, -0.2) is 37.5 Å². The monoisotopic (exact) mass is 378 g/mol. The molecular formula is C18H24N3O2S2+. The van der Waals surface area contributed by atoms with Gasteiger partial charge in [0.25, 0.3) is 5.91 Å². The Bertz CT molecular complexity index is 725. The molecule has 0 saturated heterocycles. The maximum absolute atomic E-state index is 12.4. The van der Waals surface area contributed by atoms with Gasteiger partial charge in [0.2, 0.25) is 5.91 Å². The summed E-state index contributed by atoms with van der Waals surface area (Å²) in [5.41, 5.74) is 1.35. The number of thiophene rings is 2. The third-order valence-corrected chi connectivity index (χ3v) is 6.22. The molecule has 0 aromatic carbocycles. The fourth-order valence-electron chi connectivity index (χ4n) is 3.27. The summed E-state index contributed by atoms with van der Waals surface area (Å²) < 4.78 is 0. The number of rotatable bonds is 6. The van der Waals surface area contributed by atoms with Crippen LogP contribution in [0.1, 0.15) is 35.2 Å². The van der Waals surface area contributed by atoms with Gasteiger partial charge in [0.05, 0.1) is 18.0 Å². The van der Waals surface area contributed by atoms with E-state index < -0.39 is 0 Å². The Morgan fingerprint density at radius 3 is 2.80 bits per heavy atom. The molecule has 3 rings (SSSR count). The van der Waals surface area contributed by atoms with Gasteiger partial charge in [-0.25, -0.2) is 0 Å². The second-order valence-corrected chi connectivity index (χ2v) is 8.56. The third kappa shape index (κ3) is 4.48. The average Bonchev–Trinajstić information content (AvgIpc) is 3.23. The minimum absolute atomic E-state index is 0.0393. The van der Waals surface area contributed by atoms with E-state index in [1.165, 1.54) is 20.2 Å². The van der Waals surface area contributed by atoms with Gasteiger partial charge < -0.3 is 15.5 Å². The minimum atomic E-state index is -0.146. The largest absolute Gasteiger partial charge is 0.352 e. The summed E-state index contributed by atoms with van der Waals surface area (Å²) in [6.45, 7) is 5.16. The Morgan fingerprint density at radius 2 is 2.08 bits per heavy atom. The van der Waals surface area contributed by atoms with E-state index in [4.69, 9.17) is 0 Å². The predicted molar refractivity (Wildman–Crippen MR) is 101 cm³/mol. The molecule has 134 valence electrons. The zero-order valence-corrected chi connectivity index (χ0v) is 16.1. The van der Waals surface area contributed by atoms with Crippen molar-refractivity contribution in [2.75, 3.05) is 19.6 Å². The van der Waals surface area contributed by atoms with Crippen LogP contribution in [0.2, 0.25) is 0 Å². The first-order valence-electron chi connectivity index (χ1n) is 8.55. The van der Waals surface area contributed by atoms with Gasteiger partial charge >= 0.3 is 0 Å². The summed E-state index contributed by atoms with van der Waals surface area (Å²) in [7, 11) is 0. The van der Waals surface area contributed by atoms with Gasteiger partial charge in [-0.2, -0.15) is 0 Å². The van der Waals surface area contributed by atoms with E-state index in [1.54, 1.807) is 22.7 Å². The molecule has 0 saturated carbocycles. The highest BCUT2D eigenvalue weighted by Gasteiger charge is 2.35. The molecule has 0 spiro atoms. The predicted octanol–water partition coefficient (Wildman–Crippen LogP) is 0.981. The number of hydrogen-bond acceptors (Lipinski definition) is 4. The second kappa shape index (κ2) is 8.12. The molecule has 0 radical (unpaired) electrons. The number of carbonyl (C=O) groups excluding carboxylic acids is 2. The summed E-state index contributed by atoms with van der Waals surface area (Å²) in [6, 6.07) is 6.70. The highest BCUT2D eigenvalue weighted by atomic mass is 32.1. The molecule has 5 nitrogen and oxygen atoms in total.